The van der Waals surface area contributed by atoms with Gasteiger partial charge in [0.25, 0.3) is 0 Å². The molecule has 1 unspecified atom stereocenters. The molecule has 2 aromatic rings. The first-order chi connectivity index (χ1) is 7.34. The molecule has 78 valence electrons. The van der Waals surface area contributed by atoms with Crippen LogP contribution >= 0.6 is 11.3 Å². The maximum absolute atomic E-state index is 4.34. The molecular weight excluding hydrogens is 206 g/mol. The second kappa shape index (κ2) is 3.47. The van der Waals surface area contributed by atoms with E-state index in [0.717, 1.165) is 24.4 Å². The number of rotatable bonds is 1. The number of fused-ring (bicyclic) bond motifs is 1. The molecule has 4 heteroatoms. The quantitative estimate of drug-likeness (QED) is 0.770. The molecule has 3 nitrogen and oxygen atoms in total. The monoisotopic (exact) mass is 219 g/mol. The van der Waals surface area contributed by atoms with Crippen molar-refractivity contribution in [3.63, 3.8) is 0 Å². The molecule has 0 aromatic carbocycles. The molecule has 2 N–H and O–H groups in total. The van der Waals surface area contributed by atoms with Crippen molar-refractivity contribution in [2.45, 2.75) is 19.4 Å². The van der Waals surface area contributed by atoms with E-state index in [1.54, 1.807) is 0 Å². The van der Waals surface area contributed by atoms with Crippen LogP contribution in [0.4, 0.5) is 0 Å². The van der Waals surface area contributed by atoms with Gasteiger partial charge in [-0.05, 0) is 36.4 Å². The fourth-order valence-electron chi connectivity index (χ4n) is 2.10. The van der Waals surface area contributed by atoms with Gasteiger partial charge in [0.15, 0.2) is 0 Å². The lowest BCUT2D eigenvalue weighted by Crippen LogP contribution is -2.29. The summed E-state index contributed by atoms with van der Waals surface area (Å²) in [5, 5.41) is 13.0. The van der Waals surface area contributed by atoms with Crippen LogP contribution in [0.15, 0.2) is 17.5 Å². The van der Waals surface area contributed by atoms with E-state index in [4.69, 9.17) is 0 Å². The fourth-order valence-corrected chi connectivity index (χ4v) is 3.02. The van der Waals surface area contributed by atoms with Crippen LogP contribution in [0.3, 0.4) is 0 Å². The molecule has 3 heterocycles. The number of aromatic nitrogens is 2. The topological polar surface area (TPSA) is 40.7 Å². The van der Waals surface area contributed by atoms with Crippen LogP contribution in [0.25, 0.3) is 0 Å². The highest BCUT2D eigenvalue weighted by Gasteiger charge is 2.23. The second-order valence-electron chi connectivity index (χ2n) is 3.91. The van der Waals surface area contributed by atoms with Gasteiger partial charge in [0, 0.05) is 17.1 Å². The SMILES string of the molecule is Cc1cc(C2NCCc3sccc32)n[nH]1. The van der Waals surface area contributed by atoms with Crippen LogP contribution in [-0.2, 0) is 6.42 Å². The Morgan fingerprint density at radius 2 is 2.47 bits per heavy atom. The minimum atomic E-state index is 0.282. The molecule has 15 heavy (non-hydrogen) atoms. The van der Waals surface area contributed by atoms with Crippen molar-refractivity contribution in [1.82, 2.24) is 15.5 Å². The third-order valence-electron chi connectivity index (χ3n) is 2.81. The lowest BCUT2D eigenvalue weighted by Gasteiger charge is -2.22. The van der Waals surface area contributed by atoms with Crippen molar-refractivity contribution in [3.8, 4) is 0 Å². The van der Waals surface area contributed by atoms with E-state index in [1.165, 1.54) is 10.4 Å². The Hall–Kier alpha value is -1.13. The van der Waals surface area contributed by atoms with E-state index < -0.39 is 0 Å². The number of H-pyrrole nitrogens is 1. The smallest absolute Gasteiger partial charge is 0.0840 e. The molecule has 2 aromatic heterocycles. The van der Waals surface area contributed by atoms with Gasteiger partial charge in [-0.15, -0.1) is 11.3 Å². The van der Waals surface area contributed by atoms with Gasteiger partial charge in [-0.25, -0.2) is 0 Å². The number of hydrogen-bond donors (Lipinski definition) is 2. The molecular formula is C11H13N3S. The predicted molar refractivity (Wildman–Crippen MR) is 61.2 cm³/mol. The summed E-state index contributed by atoms with van der Waals surface area (Å²) in [6.45, 7) is 3.08. The Morgan fingerprint density at radius 3 is 3.27 bits per heavy atom. The Kier molecular flexibility index (Phi) is 2.11. The minimum Gasteiger partial charge on any atom is -0.305 e. The number of hydrogen-bond acceptors (Lipinski definition) is 3. The largest absolute Gasteiger partial charge is 0.305 e. The molecule has 0 radical (unpaired) electrons. The lowest BCUT2D eigenvalue weighted by atomic mass is 10.00. The second-order valence-corrected chi connectivity index (χ2v) is 4.91. The Morgan fingerprint density at radius 1 is 1.53 bits per heavy atom. The Balaban J connectivity index is 2.02. The number of nitrogens with one attached hydrogen (secondary N) is 2. The summed E-state index contributed by atoms with van der Waals surface area (Å²) < 4.78 is 0. The fraction of sp³-hybridized carbons (Fsp3) is 0.364. The number of thiophene rings is 1. The molecule has 0 saturated heterocycles. The Bertz CT molecular complexity index is 472. The van der Waals surface area contributed by atoms with Gasteiger partial charge < -0.3 is 5.32 Å². The van der Waals surface area contributed by atoms with E-state index in [1.807, 2.05) is 18.3 Å². The van der Waals surface area contributed by atoms with Gasteiger partial charge in [0.05, 0.1) is 11.7 Å². The summed E-state index contributed by atoms with van der Waals surface area (Å²) >= 11 is 1.85. The van der Waals surface area contributed by atoms with E-state index in [-0.39, 0.29) is 6.04 Å². The molecule has 0 fully saturated rings. The van der Waals surface area contributed by atoms with Gasteiger partial charge in [-0.3, -0.25) is 5.10 Å². The highest BCUT2D eigenvalue weighted by atomic mass is 32.1. The van der Waals surface area contributed by atoms with Gasteiger partial charge in [0.1, 0.15) is 0 Å². The average Bonchev–Trinajstić information content (AvgIpc) is 2.84. The van der Waals surface area contributed by atoms with E-state index in [9.17, 15) is 0 Å². The summed E-state index contributed by atoms with van der Waals surface area (Å²) in [6.07, 6.45) is 1.15. The summed E-state index contributed by atoms with van der Waals surface area (Å²) in [7, 11) is 0. The van der Waals surface area contributed by atoms with Gasteiger partial charge in [-0.2, -0.15) is 5.10 Å². The van der Waals surface area contributed by atoms with Crippen molar-refractivity contribution in [1.29, 1.82) is 0 Å². The maximum Gasteiger partial charge on any atom is 0.0840 e. The molecule has 1 aliphatic heterocycles. The molecule has 0 saturated carbocycles. The average molecular weight is 219 g/mol. The normalized spacial score (nSPS) is 20.2. The molecule has 1 atom stereocenters. The van der Waals surface area contributed by atoms with Gasteiger partial charge in [-0.1, -0.05) is 0 Å². The first kappa shape index (κ1) is 9.12. The molecule has 1 aliphatic rings. The van der Waals surface area contributed by atoms with Crippen LogP contribution in [-0.4, -0.2) is 16.7 Å². The summed E-state index contributed by atoms with van der Waals surface area (Å²) in [4.78, 5) is 1.50. The number of nitrogens with zero attached hydrogens (tertiary/aromatic N) is 1. The van der Waals surface area contributed by atoms with Crippen LogP contribution in [0.2, 0.25) is 0 Å². The lowest BCUT2D eigenvalue weighted by molar-refractivity contribution is 0.562. The summed E-state index contributed by atoms with van der Waals surface area (Å²) in [6, 6.07) is 4.61. The zero-order valence-electron chi connectivity index (χ0n) is 8.58. The van der Waals surface area contributed by atoms with Crippen LogP contribution in [0, 0.1) is 6.92 Å². The minimum absolute atomic E-state index is 0.282. The van der Waals surface area contributed by atoms with E-state index in [2.05, 4.69) is 33.0 Å². The molecule has 0 amide bonds. The zero-order chi connectivity index (χ0) is 10.3. The van der Waals surface area contributed by atoms with E-state index in [0.29, 0.717) is 0 Å². The van der Waals surface area contributed by atoms with Crippen molar-refractivity contribution >= 4 is 11.3 Å². The van der Waals surface area contributed by atoms with Crippen molar-refractivity contribution < 1.29 is 0 Å². The van der Waals surface area contributed by atoms with Crippen LogP contribution in [0.1, 0.15) is 27.9 Å². The summed E-state index contributed by atoms with van der Waals surface area (Å²) in [5.74, 6) is 0. The summed E-state index contributed by atoms with van der Waals surface area (Å²) in [5.41, 5.74) is 3.62. The number of aryl methyl sites for hydroxylation is 1. The Labute approximate surface area is 92.5 Å². The third-order valence-corrected chi connectivity index (χ3v) is 3.81. The van der Waals surface area contributed by atoms with Gasteiger partial charge >= 0.3 is 0 Å². The molecule has 0 spiro atoms. The molecule has 3 rings (SSSR count). The maximum atomic E-state index is 4.34. The first-order valence-corrected chi connectivity index (χ1v) is 6.04. The zero-order valence-corrected chi connectivity index (χ0v) is 9.40. The molecule has 0 bridgehead atoms. The predicted octanol–water partition coefficient (Wildman–Crippen LogP) is 2.01. The highest BCUT2D eigenvalue weighted by Crippen LogP contribution is 2.31. The highest BCUT2D eigenvalue weighted by molar-refractivity contribution is 7.10. The standard InChI is InChI=1S/C11H13N3S/c1-7-6-9(14-13-7)11-8-3-5-15-10(8)2-4-12-11/h3,5-6,11-12H,2,4H2,1H3,(H,13,14). The van der Waals surface area contributed by atoms with Gasteiger partial charge in [0.2, 0.25) is 0 Å². The van der Waals surface area contributed by atoms with Crippen LogP contribution in [0.5, 0.6) is 0 Å². The first-order valence-electron chi connectivity index (χ1n) is 5.16. The van der Waals surface area contributed by atoms with Crippen molar-refractivity contribution in [2.75, 3.05) is 6.54 Å². The third kappa shape index (κ3) is 1.50. The van der Waals surface area contributed by atoms with E-state index >= 15 is 0 Å². The molecule has 0 aliphatic carbocycles. The van der Waals surface area contributed by atoms with Crippen molar-refractivity contribution in [3.05, 3.63) is 39.3 Å². The van der Waals surface area contributed by atoms with Crippen molar-refractivity contribution in [2.24, 2.45) is 0 Å². The van der Waals surface area contributed by atoms with Crippen LogP contribution < -0.4 is 5.32 Å². The number of aromatic amines is 1.